The zero-order valence-electron chi connectivity index (χ0n) is 14.4. The van der Waals surface area contributed by atoms with Crippen molar-refractivity contribution in [2.75, 3.05) is 13.7 Å². The van der Waals surface area contributed by atoms with Crippen LogP contribution in [0.5, 0.6) is 5.75 Å². The molecule has 5 heteroatoms. The molecule has 1 amide bonds. The van der Waals surface area contributed by atoms with Gasteiger partial charge in [0.15, 0.2) is 6.61 Å². The molecule has 25 heavy (non-hydrogen) atoms. The molecule has 0 bridgehead atoms. The predicted octanol–water partition coefficient (Wildman–Crippen LogP) is 3.21. The van der Waals surface area contributed by atoms with E-state index in [1.165, 1.54) is 7.11 Å². The lowest BCUT2D eigenvalue weighted by Crippen LogP contribution is -2.57. The third-order valence-corrected chi connectivity index (χ3v) is 4.75. The maximum atomic E-state index is 12.3. The van der Waals surface area contributed by atoms with Gasteiger partial charge in [-0.3, -0.25) is 4.79 Å². The molecule has 1 fully saturated rings. The lowest BCUT2D eigenvalue weighted by molar-refractivity contribution is -0.152. The number of amides is 1. The molecule has 0 radical (unpaired) electrons. The quantitative estimate of drug-likeness (QED) is 0.848. The van der Waals surface area contributed by atoms with Crippen molar-refractivity contribution in [3.8, 4) is 5.75 Å². The second-order valence-electron chi connectivity index (χ2n) is 6.48. The third kappa shape index (κ3) is 3.92. The standard InChI is InChI=1S/C20H23NO4/c1-24-19(23)20(11-5-2-6-12-20)21-18(22)14-25-17-10-9-15-7-3-4-8-16(15)13-17/h3-4,7-10,13H,2,5-6,11-12,14H2,1H3,(H,21,22). The van der Waals surface area contributed by atoms with E-state index < -0.39 is 5.54 Å². The molecule has 0 atom stereocenters. The largest absolute Gasteiger partial charge is 0.484 e. The fourth-order valence-corrected chi connectivity index (χ4v) is 3.44. The van der Waals surface area contributed by atoms with Crippen LogP contribution in [0.2, 0.25) is 0 Å². The molecule has 1 saturated carbocycles. The monoisotopic (exact) mass is 341 g/mol. The minimum atomic E-state index is -0.906. The van der Waals surface area contributed by atoms with Gasteiger partial charge in [0.05, 0.1) is 7.11 Å². The molecule has 1 aliphatic carbocycles. The van der Waals surface area contributed by atoms with Gasteiger partial charge in [0.2, 0.25) is 0 Å². The Bertz CT molecular complexity index is 765. The summed E-state index contributed by atoms with van der Waals surface area (Å²) in [5.74, 6) is -0.0451. The number of carbonyl (C=O) groups is 2. The first-order valence-electron chi connectivity index (χ1n) is 8.64. The van der Waals surface area contributed by atoms with Gasteiger partial charge in [-0.2, -0.15) is 0 Å². The summed E-state index contributed by atoms with van der Waals surface area (Å²) in [4.78, 5) is 24.5. The molecule has 1 aliphatic rings. The Morgan fingerprint density at radius 1 is 1.04 bits per heavy atom. The smallest absolute Gasteiger partial charge is 0.331 e. The van der Waals surface area contributed by atoms with E-state index >= 15 is 0 Å². The zero-order valence-corrected chi connectivity index (χ0v) is 14.4. The van der Waals surface area contributed by atoms with Crippen LogP contribution in [0.25, 0.3) is 10.8 Å². The van der Waals surface area contributed by atoms with Gasteiger partial charge in [-0.05, 0) is 35.7 Å². The number of fused-ring (bicyclic) bond motifs is 1. The van der Waals surface area contributed by atoms with Crippen molar-refractivity contribution in [1.29, 1.82) is 0 Å². The topological polar surface area (TPSA) is 64.6 Å². The average Bonchev–Trinajstić information content (AvgIpc) is 2.66. The number of esters is 1. The lowest BCUT2D eigenvalue weighted by Gasteiger charge is -2.35. The highest BCUT2D eigenvalue weighted by atomic mass is 16.5. The van der Waals surface area contributed by atoms with Gasteiger partial charge < -0.3 is 14.8 Å². The van der Waals surface area contributed by atoms with E-state index in [9.17, 15) is 9.59 Å². The number of rotatable bonds is 5. The summed E-state index contributed by atoms with van der Waals surface area (Å²) in [6, 6.07) is 13.7. The summed E-state index contributed by atoms with van der Waals surface area (Å²) < 4.78 is 10.5. The van der Waals surface area contributed by atoms with Crippen molar-refractivity contribution in [2.45, 2.75) is 37.6 Å². The van der Waals surface area contributed by atoms with Crippen LogP contribution in [0.1, 0.15) is 32.1 Å². The lowest BCUT2D eigenvalue weighted by atomic mass is 9.81. The summed E-state index contributed by atoms with van der Waals surface area (Å²) in [6.45, 7) is -0.128. The van der Waals surface area contributed by atoms with E-state index in [0.717, 1.165) is 30.0 Å². The summed E-state index contributed by atoms with van der Waals surface area (Å²) in [6.07, 6.45) is 4.10. The van der Waals surface area contributed by atoms with Crippen molar-refractivity contribution in [3.63, 3.8) is 0 Å². The maximum Gasteiger partial charge on any atom is 0.331 e. The molecule has 1 N–H and O–H groups in total. The zero-order chi connectivity index (χ0) is 17.7. The summed E-state index contributed by atoms with van der Waals surface area (Å²) in [5, 5.41) is 5.02. The van der Waals surface area contributed by atoms with Crippen LogP contribution in [-0.2, 0) is 14.3 Å². The van der Waals surface area contributed by atoms with E-state index in [1.54, 1.807) is 0 Å². The fourth-order valence-electron chi connectivity index (χ4n) is 3.44. The van der Waals surface area contributed by atoms with Crippen molar-refractivity contribution in [3.05, 3.63) is 42.5 Å². The highest BCUT2D eigenvalue weighted by Crippen LogP contribution is 2.29. The Kier molecular flexibility index (Phi) is 5.22. The van der Waals surface area contributed by atoms with Crippen molar-refractivity contribution >= 4 is 22.6 Å². The second kappa shape index (κ2) is 7.55. The first kappa shape index (κ1) is 17.3. The fraction of sp³-hybridized carbons (Fsp3) is 0.400. The van der Waals surface area contributed by atoms with Crippen LogP contribution in [0, 0.1) is 0 Å². The van der Waals surface area contributed by atoms with Crippen LogP contribution in [0.4, 0.5) is 0 Å². The molecule has 3 rings (SSSR count). The Hall–Kier alpha value is -2.56. The normalized spacial score (nSPS) is 16.2. The molecule has 0 aliphatic heterocycles. The van der Waals surface area contributed by atoms with E-state index in [0.29, 0.717) is 18.6 Å². The number of hydrogen-bond donors (Lipinski definition) is 1. The molecule has 5 nitrogen and oxygen atoms in total. The Morgan fingerprint density at radius 2 is 1.76 bits per heavy atom. The average molecular weight is 341 g/mol. The SMILES string of the molecule is COC(=O)C1(NC(=O)COc2ccc3ccccc3c2)CCCCC1. The molecular formula is C20H23NO4. The van der Waals surface area contributed by atoms with Gasteiger partial charge in [0.25, 0.3) is 5.91 Å². The molecule has 2 aromatic carbocycles. The van der Waals surface area contributed by atoms with E-state index in [-0.39, 0.29) is 18.5 Å². The number of methoxy groups -OCH3 is 1. The highest BCUT2D eigenvalue weighted by molar-refractivity contribution is 5.89. The molecule has 0 unspecified atom stereocenters. The Morgan fingerprint density at radius 3 is 2.48 bits per heavy atom. The van der Waals surface area contributed by atoms with Gasteiger partial charge in [0.1, 0.15) is 11.3 Å². The van der Waals surface area contributed by atoms with Crippen molar-refractivity contribution in [2.24, 2.45) is 0 Å². The van der Waals surface area contributed by atoms with Gasteiger partial charge in [0, 0.05) is 0 Å². The Labute approximate surface area is 147 Å². The van der Waals surface area contributed by atoms with Crippen LogP contribution < -0.4 is 10.1 Å². The number of hydrogen-bond acceptors (Lipinski definition) is 4. The van der Waals surface area contributed by atoms with Crippen LogP contribution in [0.3, 0.4) is 0 Å². The number of ether oxygens (including phenoxy) is 2. The first-order chi connectivity index (χ1) is 12.1. The number of carbonyl (C=O) groups excluding carboxylic acids is 2. The maximum absolute atomic E-state index is 12.3. The molecule has 0 aromatic heterocycles. The van der Waals surface area contributed by atoms with E-state index in [1.807, 2.05) is 42.5 Å². The molecule has 0 saturated heterocycles. The number of nitrogens with one attached hydrogen (secondary N) is 1. The summed E-state index contributed by atoms with van der Waals surface area (Å²) in [7, 11) is 1.36. The summed E-state index contributed by atoms with van der Waals surface area (Å²) >= 11 is 0. The number of benzene rings is 2. The summed E-state index contributed by atoms with van der Waals surface area (Å²) in [5.41, 5.74) is -0.906. The highest BCUT2D eigenvalue weighted by Gasteiger charge is 2.41. The van der Waals surface area contributed by atoms with Gasteiger partial charge in [-0.1, -0.05) is 49.6 Å². The third-order valence-electron chi connectivity index (χ3n) is 4.75. The molecule has 0 heterocycles. The Balaban J connectivity index is 1.63. The molecule has 0 spiro atoms. The van der Waals surface area contributed by atoms with Crippen molar-refractivity contribution in [1.82, 2.24) is 5.32 Å². The predicted molar refractivity (Wildman–Crippen MR) is 95.4 cm³/mol. The first-order valence-corrected chi connectivity index (χ1v) is 8.64. The van der Waals surface area contributed by atoms with Gasteiger partial charge in [-0.25, -0.2) is 4.79 Å². The van der Waals surface area contributed by atoms with Crippen LogP contribution >= 0.6 is 0 Å². The minimum Gasteiger partial charge on any atom is -0.484 e. The molecule has 132 valence electrons. The van der Waals surface area contributed by atoms with E-state index in [2.05, 4.69) is 5.32 Å². The van der Waals surface area contributed by atoms with Crippen LogP contribution in [-0.4, -0.2) is 31.1 Å². The molecular weight excluding hydrogens is 318 g/mol. The van der Waals surface area contributed by atoms with Crippen LogP contribution in [0.15, 0.2) is 42.5 Å². The van der Waals surface area contributed by atoms with Gasteiger partial charge in [-0.15, -0.1) is 0 Å². The van der Waals surface area contributed by atoms with Crippen molar-refractivity contribution < 1.29 is 19.1 Å². The minimum absolute atomic E-state index is 0.128. The molecule has 2 aromatic rings. The van der Waals surface area contributed by atoms with E-state index in [4.69, 9.17) is 9.47 Å². The van der Waals surface area contributed by atoms with Gasteiger partial charge >= 0.3 is 5.97 Å². The second-order valence-corrected chi connectivity index (χ2v) is 6.48.